The Morgan fingerprint density at radius 2 is 1.96 bits per heavy atom. The van der Waals surface area contributed by atoms with Gasteiger partial charge in [-0.1, -0.05) is 30.7 Å². The zero-order chi connectivity index (χ0) is 17.7. The number of ether oxygens (including phenoxy) is 1. The molecule has 0 fully saturated rings. The van der Waals surface area contributed by atoms with E-state index >= 15 is 0 Å². The van der Waals surface area contributed by atoms with Crippen LogP contribution in [0.1, 0.15) is 53.8 Å². The van der Waals surface area contributed by atoms with Gasteiger partial charge in [-0.15, -0.1) is 0 Å². The first-order valence-corrected chi connectivity index (χ1v) is 8.37. The summed E-state index contributed by atoms with van der Waals surface area (Å²) in [5.41, 5.74) is 6.77. The number of hydrogen-bond donors (Lipinski definition) is 0. The second kappa shape index (κ2) is 8.00. The van der Waals surface area contributed by atoms with Crippen molar-refractivity contribution >= 4 is 5.97 Å². The first-order valence-electron chi connectivity index (χ1n) is 8.37. The van der Waals surface area contributed by atoms with Crippen LogP contribution in [-0.2, 0) is 22.6 Å². The second-order valence-electron chi connectivity index (χ2n) is 6.31. The lowest BCUT2D eigenvalue weighted by Crippen LogP contribution is -2.04. The average molecular weight is 326 g/mol. The van der Waals surface area contributed by atoms with Crippen LogP contribution in [0.15, 0.2) is 40.5 Å². The molecule has 24 heavy (non-hydrogen) atoms. The van der Waals surface area contributed by atoms with Gasteiger partial charge in [0.05, 0.1) is 6.26 Å². The van der Waals surface area contributed by atoms with Crippen LogP contribution in [0.3, 0.4) is 0 Å². The van der Waals surface area contributed by atoms with E-state index in [1.165, 1.54) is 16.7 Å². The van der Waals surface area contributed by atoms with E-state index in [9.17, 15) is 4.79 Å². The van der Waals surface area contributed by atoms with Crippen molar-refractivity contribution in [2.45, 2.75) is 54.1 Å². The predicted octanol–water partition coefficient (Wildman–Crippen LogP) is 5.20. The number of benzene rings is 1. The van der Waals surface area contributed by atoms with Crippen molar-refractivity contribution in [3.63, 3.8) is 0 Å². The van der Waals surface area contributed by atoms with Gasteiger partial charge in [0.25, 0.3) is 0 Å². The largest absolute Gasteiger partial charge is 0.468 e. The highest BCUT2D eigenvalue weighted by molar-refractivity contribution is 5.82. The molecule has 0 aliphatic heterocycles. The number of rotatable bonds is 6. The molecule has 0 bridgehead atoms. The lowest BCUT2D eigenvalue weighted by molar-refractivity contribution is -0.139. The van der Waals surface area contributed by atoms with E-state index in [-0.39, 0.29) is 12.6 Å². The van der Waals surface area contributed by atoms with Gasteiger partial charge in [-0.05, 0) is 56.4 Å². The van der Waals surface area contributed by atoms with E-state index in [1.807, 2.05) is 20.8 Å². The molecule has 128 valence electrons. The van der Waals surface area contributed by atoms with E-state index in [1.54, 1.807) is 12.3 Å². The first-order chi connectivity index (χ1) is 11.4. The number of carbonyl (C=O) groups excluding carboxylic acids is 1. The van der Waals surface area contributed by atoms with Gasteiger partial charge in [-0.25, -0.2) is 4.79 Å². The molecule has 0 N–H and O–H groups in total. The smallest absolute Gasteiger partial charge is 0.331 e. The third-order valence-corrected chi connectivity index (χ3v) is 4.54. The molecular formula is C21H26O3. The van der Waals surface area contributed by atoms with Crippen molar-refractivity contribution in [2.24, 2.45) is 0 Å². The van der Waals surface area contributed by atoms with Crippen molar-refractivity contribution in [2.75, 3.05) is 0 Å². The Morgan fingerprint density at radius 3 is 2.67 bits per heavy atom. The molecule has 0 aliphatic rings. The maximum atomic E-state index is 11.9. The summed E-state index contributed by atoms with van der Waals surface area (Å²) < 4.78 is 11.1. The summed E-state index contributed by atoms with van der Waals surface area (Å²) in [6, 6.07) is 6.28. The van der Waals surface area contributed by atoms with E-state index in [2.05, 4.69) is 32.0 Å². The summed E-state index contributed by atoms with van der Waals surface area (Å²) in [5, 5.41) is 0. The summed E-state index contributed by atoms with van der Waals surface area (Å²) in [7, 11) is 0. The van der Waals surface area contributed by atoms with Gasteiger partial charge < -0.3 is 9.15 Å². The quantitative estimate of drug-likeness (QED) is 0.541. The fourth-order valence-corrected chi connectivity index (χ4v) is 2.53. The SMILES string of the molecule is CCC(C)=CC(=O)OCc1c(C)coc1Cc1cccc(C)c1C. The molecule has 0 aliphatic carbocycles. The highest BCUT2D eigenvalue weighted by Crippen LogP contribution is 2.23. The molecule has 0 atom stereocenters. The Morgan fingerprint density at radius 1 is 1.21 bits per heavy atom. The molecule has 2 aromatic rings. The van der Waals surface area contributed by atoms with E-state index in [4.69, 9.17) is 9.15 Å². The fourth-order valence-electron chi connectivity index (χ4n) is 2.53. The van der Waals surface area contributed by atoms with Gasteiger partial charge in [-0.2, -0.15) is 0 Å². The molecule has 0 saturated heterocycles. The van der Waals surface area contributed by atoms with E-state index in [0.29, 0.717) is 6.42 Å². The minimum atomic E-state index is -0.298. The Balaban J connectivity index is 2.14. The number of furan rings is 1. The van der Waals surface area contributed by atoms with Crippen LogP contribution < -0.4 is 0 Å². The number of esters is 1. The molecule has 0 spiro atoms. The van der Waals surface area contributed by atoms with Crippen molar-refractivity contribution in [1.82, 2.24) is 0 Å². The fraction of sp³-hybridized carbons (Fsp3) is 0.381. The first kappa shape index (κ1) is 18.1. The molecule has 1 aromatic carbocycles. The molecule has 3 nitrogen and oxygen atoms in total. The van der Waals surface area contributed by atoms with Gasteiger partial charge in [0.2, 0.25) is 0 Å². The van der Waals surface area contributed by atoms with Crippen LogP contribution in [0.5, 0.6) is 0 Å². The molecule has 1 heterocycles. The molecule has 3 heteroatoms. The summed E-state index contributed by atoms with van der Waals surface area (Å²) >= 11 is 0. The standard InChI is InChI=1S/C21H26O3/c1-6-14(2)10-21(22)24-13-19-16(4)12-23-20(19)11-18-9-7-8-15(3)17(18)5/h7-10,12H,6,11,13H2,1-5H3. The zero-order valence-corrected chi connectivity index (χ0v) is 15.2. The number of aryl methyl sites for hydroxylation is 2. The van der Waals surface area contributed by atoms with E-state index < -0.39 is 0 Å². The van der Waals surface area contributed by atoms with Gasteiger partial charge in [0, 0.05) is 18.1 Å². The Kier molecular flexibility index (Phi) is 6.02. The van der Waals surface area contributed by atoms with Crippen molar-refractivity contribution in [1.29, 1.82) is 0 Å². The summed E-state index contributed by atoms with van der Waals surface area (Å²) in [6.07, 6.45) is 4.84. The van der Waals surface area contributed by atoms with Crippen LogP contribution >= 0.6 is 0 Å². The molecule has 0 amide bonds. The molecule has 1 aromatic heterocycles. The predicted molar refractivity (Wildman–Crippen MR) is 96.0 cm³/mol. The van der Waals surface area contributed by atoms with Crippen LogP contribution in [0.25, 0.3) is 0 Å². The van der Waals surface area contributed by atoms with Crippen molar-refractivity contribution < 1.29 is 13.9 Å². The normalized spacial score (nSPS) is 11.6. The number of carbonyl (C=O) groups is 1. The monoisotopic (exact) mass is 326 g/mol. The zero-order valence-electron chi connectivity index (χ0n) is 15.2. The minimum Gasteiger partial charge on any atom is -0.468 e. The van der Waals surface area contributed by atoms with Gasteiger partial charge >= 0.3 is 5.97 Å². The highest BCUT2D eigenvalue weighted by Gasteiger charge is 2.14. The lowest BCUT2D eigenvalue weighted by atomic mass is 9.98. The highest BCUT2D eigenvalue weighted by atomic mass is 16.5. The Hall–Kier alpha value is -2.29. The molecule has 0 unspecified atom stereocenters. The van der Waals surface area contributed by atoms with Crippen LogP contribution in [0.4, 0.5) is 0 Å². The topological polar surface area (TPSA) is 39.4 Å². The van der Waals surface area contributed by atoms with Crippen LogP contribution in [0.2, 0.25) is 0 Å². The van der Waals surface area contributed by atoms with Crippen molar-refractivity contribution in [3.8, 4) is 0 Å². The van der Waals surface area contributed by atoms with Crippen LogP contribution in [-0.4, -0.2) is 5.97 Å². The summed E-state index contributed by atoms with van der Waals surface area (Å²) in [5.74, 6) is 0.567. The molecule has 0 radical (unpaired) electrons. The summed E-state index contributed by atoms with van der Waals surface area (Å²) in [6.45, 7) is 10.4. The van der Waals surface area contributed by atoms with Gasteiger partial charge in [0.15, 0.2) is 0 Å². The third-order valence-electron chi connectivity index (χ3n) is 4.54. The Bertz CT molecular complexity index is 750. The second-order valence-corrected chi connectivity index (χ2v) is 6.31. The molecule has 2 rings (SSSR count). The molecular weight excluding hydrogens is 300 g/mol. The van der Waals surface area contributed by atoms with Gasteiger partial charge in [0.1, 0.15) is 12.4 Å². The van der Waals surface area contributed by atoms with E-state index in [0.717, 1.165) is 28.9 Å². The molecule has 0 saturated carbocycles. The maximum absolute atomic E-state index is 11.9. The Labute approximate surface area is 144 Å². The minimum absolute atomic E-state index is 0.245. The number of allylic oxidation sites excluding steroid dienone is 1. The van der Waals surface area contributed by atoms with Gasteiger partial charge in [-0.3, -0.25) is 0 Å². The lowest BCUT2D eigenvalue weighted by Gasteiger charge is -2.09. The van der Waals surface area contributed by atoms with Crippen LogP contribution in [0, 0.1) is 20.8 Å². The number of hydrogen-bond acceptors (Lipinski definition) is 3. The average Bonchev–Trinajstić information content (AvgIpc) is 2.89. The third kappa shape index (κ3) is 4.38. The van der Waals surface area contributed by atoms with Crippen molar-refractivity contribution in [3.05, 3.63) is 69.7 Å². The maximum Gasteiger partial charge on any atom is 0.331 e. The summed E-state index contributed by atoms with van der Waals surface area (Å²) in [4.78, 5) is 11.9.